The van der Waals surface area contributed by atoms with Gasteiger partial charge in [-0.2, -0.15) is 0 Å². The molecule has 0 saturated heterocycles. The van der Waals surface area contributed by atoms with Crippen LogP contribution in [0.3, 0.4) is 0 Å². The van der Waals surface area contributed by atoms with Crippen molar-refractivity contribution in [2.45, 2.75) is 168 Å². The minimum atomic E-state index is -0.797. The average molecular weight is 629 g/mol. The maximum absolute atomic E-state index is 12.1. The van der Waals surface area contributed by atoms with Crippen molar-refractivity contribution < 1.29 is 24.2 Å². The van der Waals surface area contributed by atoms with Gasteiger partial charge in [-0.15, -0.1) is 0 Å². The summed E-state index contributed by atoms with van der Waals surface area (Å²) in [6.45, 7) is 3.96. The van der Waals surface area contributed by atoms with E-state index < -0.39 is 6.10 Å². The van der Waals surface area contributed by atoms with E-state index in [-0.39, 0.29) is 25.2 Å². The Morgan fingerprint density at radius 3 is 1.51 bits per heavy atom. The summed E-state index contributed by atoms with van der Waals surface area (Å²) in [7, 11) is 0. The number of hydrogen-bond donors (Lipinski definition) is 1. The molecular weight excluding hydrogens is 560 g/mol. The van der Waals surface area contributed by atoms with Crippen LogP contribution in [-0.4, -0.2) is 36.4 Å². The Morgan fingerprint density at radius 1 is 0.533 bits per heavy atom. The maximum atomic E-state index is 12.1. The number of aliphatic hydroxyl groups is 1. The Hall–Kier alpha value is -2.40. The molecular formula is C40H68O5. The van der Waals surface area contributed by atoms with E-state index in [9.17, 15) is 14.7 Å². The summed E-state index contributed by atoms with van der Waals surface area (Å²) in [4.78, 5) is 24.2. The minimum Gasteiger partial charge on any atom is -0.462 e. The van der Waals surface area contributed by atoms with Crippen LogP contribution in [0.4, 0.5) is 0 Å². The molecule has 0 aromatic heterocycles. The molecule has 0 aliphatic heterocycles. The van der Waals surface area contributed by atoms with E-state index in [1.54, 1.807) is 0 Å². The smallest absolute Gasteiger partial charge is 0.306 e. The lowest BCUT2D eigenvalue weighted by Gasteiger charge is -2.15. The largest absolute Gasteiger partial charge is 0.462 e. The first-order valence-electron chi connectivity index (χ1n) is 18.3. The van der Waals surface area contributed by atoms with Gasteiger partial charge in [-0.05, 0) is 77.0 Å². The molecule has 0 bridgehead atoms. The van der Waals surface area contributed by atoms with E-state index >= 15 is 0 Å². The first kappa shape index (κ1) is 42.6. The summed E-state index contributed by atoms with van der Waals surface area (Å²) in [5.41, 5.74) is 0. The number of unbranched alkanes of at least 4 members (excludes halogenated alkanes) is 14. The zero-order valence-corrected chi connectivity index (χ0v) is 29.1. The van der Waals surface area contributed by atoms with Gasteiger partial charge in [-0.25, -0.2) is 0 Å². The SMILES string of the molecule is CC/C=C\C/C=C\C/C=C\C/C=C\CCCCC(=O)OC(CO)COC(=O)CCCCCCC/C=C\CCCCCCCCC. The fourth-order valence-electron chi connectivity index (χ4n) is 4.77. The molecule has 0 aliphatic carbocycles. The molecule has 0 aliphatic rings. The maximum Gasteiger partial charge on any atom is 0.306 e. The molecule has 0 fully saturated rings. The molecule has 0 aromatic carbocycles. The van der Waals surface area contributed by atoms with E-state index in [0.717, 1.165) is 70.6 Å². The van der Waals surface area contributed by atoms with Crippen molar-refractivity contribution in [3.8, 4) is 0 Å². The number of esters is 2. The standard InChI is InChI=1S/C40H68O5/c1-3-5-7-9-11-13-15-17-19-21-22-24-26-28-30-32-34-39(42)44-37-38(36-41)45-40(43)35-33-31-29-27-25-23-20-18-16-14-12-10-8-6-4-2/h6,8,12,14,18-21,25,27,38,41H,3-5,7,9-11,13,15-17,22-24,26,28-37H2,1-2H3/b8-6-,14-12-,20-18-,21-19-,27-25-. The second kappa shape index (κ2) is 36.1. The first-order chi connectivity index (χ1) is 22.1. The lowest BCUT2D eigenvalue weighted by atomic mass is 10.1. The van der Waals surface area contributed by atoms with Crippen LogP contribution in [-0.2, 0) is 19.1 Å². The highest BCUT2D eigenvalue weighted by Gasteiger charge is 2.16. The molecule has 1 N–H and O–H groups in total. The van der Waals surface area contributed by atoms with Gasteiger partial charge in [0.1, 0.15) is 6.61 Å². The van der Waals surface area contributed by atoms with Crippen molar-refractivity contribution in [2.75, 3.05) is 13.2 Å². The molecule has 5 nitrogen and oxygen atoms in total. The monoisotopic (exact) mass is 629 g/mol. The lowest BCUT2D eigenvalue weighted by Crippen LogP contribution is -2.28. The topological polar surface area (TPSA) is 72.8 Å². The van der Waals surface area contributed by atoms with Crippen molar-refractivity contribution in [2.24, 2.45) is 0 Å². The molecule has 5 heteroatoms. The van der Waals surface area contributed by atoms with Crippen molar-refractivity contribution >= 4 is 11.9 Å². The second-order valence-corrected chi connectivity index (χ2v) is 11.9. The summed E-state index contributed by atoms with van der Waals surface area (Å²) in [5, 5.41) is 9.52. The van der Waals surface area contributed by atoms with Crippen LogP contribution in [0.25, 0.3) is 0 Å². The summed E-state index contributed by atoms with van der Waals surface area (Å²) >= 11 is 0. The van der Waals surface area contributed by atoms with Gasteiger partial charge in [-0.1, -0.05) is 132 Å². The van der Waals surface area contributed by atoms with Crippen LogP contribution in [0.2, 0.25) is 0 Å². The second-order valence-electron chi connectivity index (χ2n) is 11.9. The van der Waals surface area contributed by atoms with Gasteiger partial charge in [0.2, 0.25) is 0 Å². The third-order valence-corrected chi connectivity index (χ3v) is 7.55. The first-order valence-corrected chi connectivity index (χ1v) is 18.3. The molecule has 0 radical (unpaired) electrons. The van der Waals surface area contributed by atoms with E-state index in [0.29, 0.717) is 12.8 Å². The van der Waals surface area contributed by atoms with Gasteiger partial charge in [0.15, 0.2) is 6.10 Å². The van der Waals surface area contributed by atoms with Gasteiger partial charge in [-0.3, -0.25) is 9.59 Å². The number of hydrogen-bond acceptors (Lipinski definition) is 5. The van der Waals surface area contributed by atoms with Crippen LogP contribution in [0.1, 0.15) is 162 Å². The van der Waals surface area contributed by atoms with Crippen molar-refractivity contribution in [3.05, 3.63) is 60.8 Å². The molecule has 0 saturated carbocycles. The van der Waals surface area contributed by atoms with Crippen LogP contribution in [0.15, 0.2) is 60.8 Å². The number of carbonyl (C=O) groups is 2. The van der Waals surface area contributed by atoms with E-state index in [2.05, 4.69) is 74.6 Å². The predicted molar refractivity (Wildman–Crippen MR) is 191 cm³/mol. The van der Waals surface area contributed by atoms with Gasteiger partial charge >= 0.3 is 11.9 Å². The zero-order chi connectivity index (χ0) is 32.9. The zero-order valence-electron chi connectivity index (χ0n) is 29.1. The van der Waals surface area contributed by atoms with E-state index in [1.807, 2.05) is 0 Å². The number of allylic oxidation sites excluding steroid dienone is 10. The Labute approximate surface area is 277 Å². The highest BCUT2D eigenvalue weighted by molar-refractivity contribution is 5.70. The molecule has 1 atom stereocenters. The van der Waals surface area contributed by atoms with Gasteiger partial charge in [0.25, 0.3) is 0 Å². The molecule has 45 heavy (non-hydrogen) atoms. The van der Waals surface area contributed by atoms with E-state index in [4.69, 9.17) is 9.47 Å². The van der Waals surface area contributed by atoms with Gasteiger partial charge < -0.3 is 14.6 Å². The summed E-state index contributed by atoms with van der Waals surface area (Å²) in [5.74, 6) is -0.654. The van der Waals surface area contributed by atoms with Crippen LogP contribution in [0, 0.1) is 0 Å². The highest BCUT2D eigenvalue weighted by atomic mass is 16.6. The van der Waals surface area contributed by atoms with Crippen LogP contribution < -0.4 is 0 Å². The molecule has 0 aromatic rings. The number of aliphatic hydroxyl groups excluding tert-OH is 1. The third kappa shape index (κ3) is 34.3. The molecule has 0 amide bonds. The Kier molecular flexibility index (Phi) is 34.1. The third-order valence-electron chi connectivity index (χ3n) is 7.55. The molecule has 258 valence electrons. The number of ether oxygens (including phenoxy) is 2. The van der Waals surface area contributed by atoms with Gasteiger partial charge in [0, 0.05) is 12.8 Å². The lowest BCUT2D eigenvalue weighted by molar-refractivity contribution is -0.161. The number of rotatable bonds is 32. The molecule has 0 rings (SSSR count). The molecule has 0 spiro atoms. The Balaban J connectivity index is 3.67. The number of carbonyl (C=O) groups excluding carboxylic acids is 2. The van der Waals surface area contributed by atoms with Crippen molar-refractivity contribution in [1.29, 1.82) is 0 Å². The summed E-state index contributed by atoms with van der Waals surface area (Å²) in [6, 6.07) is 0. The molecule has 1 unspecified atom stereocenters. The van der Waals surface area contributed by atoms with Crippen LogP contribution >= 0.6 is 0 Å². The normalized spacial score (nSPS) is 12.9. The minimum absolute atomic E-state index is 0.0891. The average Bonchev–Trinajstić information content (AvgIpc) is 3.04. The Morgan fingerprint density at radius 2 is 0.956 bits per heavy atom. The van der Waals surface area contributed by atoms with Crippen molar-refractivity contribution in [3.63, 3.8) is 0 Å². The fourth-order valence-corrected chi connectivity index (χ4v) is 4.77. The summed E-state index contributed by atoms with van der Waals surface area (Å²) in [6.07, 6.45) is 45.6. The Bertz CT molecular complexity index is 808. The van der Waals surface area contributed by atoms with E-state index in [1.165, 1.54) is 64.2 Å². The van der Waals surface area contributed by atoms with Crippen molar-refractivity contribution in [1.82, 2.24) is 0 Å². The predicted octanol–water partition coefficient (Wildman–Crippen LogP) is 11.2. The van der Waals surface area contributed by atoms with Crippen LogP contribution in [0.5, 0.6) is 0 Å². The van der Waals surface area contributed by atoms with Gasteiger partial charge in [0.05, 0.1) is 6.61 Å². The quantitative estimate of drug-likeness (QED) is 0.0456. The highest BCUT2D eigenvalue weighted by Crippen LogP contribution is 2.11. The molecule has 0 heterocycles. The fraction of sp³-hybridized carbons (Fsp3) is 0.700. The summed E-state index contributed by atoms with van der Waals surface area (Å²) < 4.78 is 10.5.